The van der Waals surface area contributed by atoms with Gasteiger partial charge in [-0.15, -0.1) is 0 Å². The molecule has 17 heteroatoms. The van der Waals surface area contributed by atoms with Gasteiger partial charge in [0.25, 0.3) is 5.91 Å². The topological polar surface area (TPSA) is 219 Å². The molecule has 1 amide bonds. The minimum Gasteiger partial charge on any atom is -0.744 e. The second-order valence-corrected chi connectivity index (χ2v) is 11.4. The van der Waals surface area contributed by atoms with Gasteiger partial charge in [-0.25, -0.2) is 8.42 Å². The minimum atomic E-state index is -4.71. The van der Waals surface area contributed by atoms with Crippen molar-refractivity contribution in [3.8, 4) is 12.1 Å². The summed E-state index contributed by atoms with van der Waals surface area (Å²) in [4.78, 5) is 25.8. The number of hydrogen-bond acceptors (Lipinski definition) is 11. The van der Waals surface area contributed by atoms with Gasteiger partial charge < -0.3 is 4.55 Å². The normalized spacial score (nSPS) is 14.4. The number of allylic oxidation sites excluding steroid dienone is 1. The molecule has 4 rings (SSSR count). The number of nitrogens with one attached hydrogen (secondary N) is 1. The number of carbonyl (C=O) groups is 1. The molecule has 14 nitrogen and oxygen atoms in total. The van der Waals surface area contributed by atoms with Gasteiger partial charge in [-0.05, 0) is 55.7 Å². The summed E-state index contributed by atoms with van der Waals surface area (Å²) in [5.74, 6) is -0.694. The third-order valence-electron chi connectivity index (χ3n) is 6.05. The predicted octanol–water partition coefficient (Wildman–Crippen LogP) is -1.66. The number of benzene rings is 2. The molecule has 0 saturated heterocycles. The van der Waals surface area contributed by atoms with Crippen LogP contribution in [0.3, 0.4) is 0 Å². The van der Waals surface area contributed by atoms with E-state index >= 15 is 0 Å². The standard InChI is InChI=1S/C25H20N6O8S2.Na/c1-2-16(23-22(15-27)28-30(25(23)33)17-9-11-18(12-10-17)40(34,35)36)8-13-20-21(14-26)29-31(24(20)32)39-41(37,38)19-6-4-3-5-7-19;/h3-7,9-12,29H,2,8,13H2,1H3,(H,34,35,36);/q;+1/p-1. The Hall–Kier alpha value is -4.03. The smallest absolute Gasteiger partial charge is 0.744 e. The summed E-state index contributed by atoms with van der Waals surface area (Å²) in [6.07, 6.45) is 0.156. The van der Waals surface area contributed by atoms with Gasteiger partial charge in [0.2, 0.25) is 0 Å². The van der Waals surface area contributed by atoms with Gasteiger partial charge in [-0.2, -0.15) is 29.1 Å². The largest absolute Gasteiger partial charge is 1.00 e. The van der Waals surface area contributed by atoms with Gasteiger partial charge >= 0.3 is 45.2 Å². The number of rotatable bonds is 9. The third-order valence-corrected chi connectivity index (χ3v) is 8.09. The summed E-state index contributed by atoms with van der Waals surface area (Å²) in [7, 11) is -9.11. The van der Waals surface area contributed by atoms with E-state index in [-0.39, 0.29) is 81.9 Å². The molecule has 0 aliphatic carbocycles. The van der Waals surface area contributed by atoms with E-state index in [0.717, 1.165) is 17.1 Å². The zero-order valence-corrected chi connectivity index (χ0v) is 25.8. The van der Waals surface area contributed by atoms with Crippen molar-refractivity contribution in [1.82, 2.24) is 9.94 Å². The molecule has 210 valence electrons. The molecule has 42 heavy (non-hydrogen) atoms. The maximum Gasteiger partial charge on any atom is 1.00 e. The van der Waals surface area contributed by atoms with Gasteiger partial charge in [0.15, 0.2) is 5.71 Å². The number of hydrazone groups is 1. The van der Waals surface area contributed by atoms with Crippen LogP contribution in [0.5, 0.6) is 0 Å². The Kier molecular flexibility index (Phi) is 9.95. The average Bonchev–Trinajstić information content (AvgIpc) is 3.44. The van der Waals surface area contributed by atoms with Crippen molar-refractivity contribution in [2.24, 2.45) is 5.10 Å². The van der Waals surface area contributed by atoms with Crippen LogP contribution in [0.2, 0.25) is 0 Å². The number of nitriles is 2. The summed E-state index contributed by atoms with van der Waals surface area (Å²) in [6, 6.07) is 15.1. The van der Waals surface area contributed by atoms with E-state index in [1.54, 1.807) is 19.1 Å². The Morgan fingerprint density at radius 1 is 1.00 bits per heavy atom. The number of nitrogens with zero attached hydrogens (tertiary/aromatic N) is 5. The summed E-state index contributed by atoms with van der Waals surface area (Å²) in [6.45, 7) is 1.71. The molecule has 0 spiro atoms. The van der Waals surface area contributed by atoms with E-state index in [2.05, 4.69) is 10.2 Å². The van der Waals surface area contributed by atoms with Crippen molar-refractivity contribution in [3.63, 3.8) is 0 Å². The van der Waals surface area contributed by atoms with Crippen LogP contribution in [-0.2, 0) is 31.5 Å². The molecule has 0 saturated carbocycles. The number of hydrogen-bond donors (Lipinski definition) is 1. The van der Waals surface area contributed by atoms with Crippen LogP contribution in [0.4, 0.5) is 5.69 Å². The fraction of sp³-hybridized carbons (Fsp3) is 0.160. The van der Waals surface area contributed by atoms with E-state index < -0.39 is 36.6 Å². The Balaban J connectivity index is 0.00000484. The van der Waals surface area contributed by atoms with Gasteiger partial charge in [-0.1, -0.05) is 35.5 Å². The molecule has 0 bridgehead atoms. The van der Waals surface area contributed by atoms with E-state index in [0.29, 0.717) is 10.4 Å². The van der Waals surface area contributed by atoms with Crippen molar-refractivity contribution in [2.75, 3.05) is 5.01 Å². The summed E-state index contributed by atoms with van der Waals surface area (Å²) in [5.41, 5.74) is -1.01. The molecule has 1 aromatic heterocycles. The monoisotopic (exact) mass is 618 g/mol. The molecule has 1 N–H and O–H groups in total. The Morgan fingerprint density at radius 2 is 1.64 bits per heavy atom. The molecular weight excluding hydrogens is 599 g/mol. The average molecular weight is 619 g/mol. The van der Waals surface area contributed by atoms with E-state index in [4.69, 9.17) is 4.28 Å². The minimum absolute atomic E-state index is 0. The van der Waals surface area contributed by atoms with Crippen molar-refractivity contribution >= 4 is 37.5 Å². The SMILES string of the molecule is CCC(CCc1c(C#N)[nH]n(OS(=O)(=O)c2ccccc2)c1=O)=C1C(=O)N(c2ccc(S(=O)(=O)[O-])cc2)N=C1C#N.[Na+]. The number of amides is 1. The number of carbonyl (C=O) groups excluding carboxylic acids is 1. The summed E-state index contributed by atoms with van der Waals surface area (Å²) >= 11 is 0. The fourth-order valence-electron chi connectivity index (χ4n) is 4.04. The molecule has 2 aromatic carbocycles. The second kappa shape index (κ2) is 12.9. The van der Waals surface area contributed by atoms with Crippen LogP contribution in [-0.4, -0.2) is 43.0 Å². The maximum atomic E-state index is 13.3. The van der Waals surface area contributed by atoms with Gasteiger partial charge in [0.05, 0.1) is 21.7 Å². The van der Waals surface area contributed by atoms with E-state index in [1.165, 1.54) is 36.4 Å². The molecule has 1 aliphatic rings. The fourth-order valence-corrected chi connectivity index (χ4v) is 5.38. The molecule has 2 heterocycles. The Morgan fingerprint density at radius 3 is 2.19 bits per heavy atom. The molecule has 0 fully saturated rings. The van der Waals surface area contributed by atoms with E-state index in [1.807, 2.05) is 6.07 Å². The molecule has 3 aromatic rings. The van der Waals surface area contributed by atoms with Crippen LogP contribution < -0.4 is 44.4 Å². The number of H-pyrrole nitrogens is 1. The predicted molar refractivity (Wildman–Crippen MR) is 141 cm³/mol. The van der Waals surface area contributed by atoms with Crippen LogP contribution >= 0.6 is 0 Å². The number of aromatic amines is 1. The summed E-state index contributed by atoms with van der Waals surface area (Å²) < 4.78 is 63.6. The van der Waals surface area contributed by atoms with Crippen LogP contribution in [0, 0.1) is 22.7 Å². The van der Waals surface area contributed by atoms with Crippen LogP contribution in [0.25, 0.3) is 0 Å². The quantitative estimate of drug-likeness (QED) is 0.163. The molecule has 1 aliphatic heterocycles. The first kappa shape index (κ1) is 32.5. The second-order valence-electron chi connectivity index (χ2n) is 8.48. The first-order valence-electron chi connectivity index (χ1n) is 11.8. The first-order valence-corrected chi connectivity index (χ1v) is 14.6. The number of anilines is 1. The van der Waals surface area contributed by atoms with Gasteiger partial charge in [0.1, 0.15) is 32.8 Å². The van der Waals surface area contributed by atoms with Crippen LogP contribution in [0.15, 0.2) is 85.4 Å². The van der Waals surface area contributed by atoms with E-state index in [9.17, 15) is 41.5 Å². The zero-order chi connectivity index (χ0) is 29.9. The van der Waals surface area contributed by atoms with Gasteiger partial charge in [-0.3, -0.25) is 19.0 Å². The molecule has 0 radical (unpaired) electrons. The Bertz CT molecular complexity index is 1950. The molecule has 0 unspecified atom stereocenters. The van der Waals surface area contributed by atoms with Crippen LogP contribution in [0.1, 0.15) is 31.0 Å². The van der Waals surface area contributed by atoms with Gasteiger partial charge in [0, 0.05) is 0 Å². The van der Waals surface area contributed by atoms with Crippen molar-refractivity contribution < 1.29 is 60.0 Å². The third kappa shape index (κ3) is 6.55. The van der Waals surface area contributed by atoms with Crippen molar-refractivity contribution in [2.45, 2.75) is 36.0 Å². The molecule has 0 atom stereocenters. The number of aromatic nitrogens is 2. The van der Waals surface area contributed by atoms with Crippen molar-refractivity contribution in [3.05, 3.63) is 87.4 Å². The van der Waals surface area contributed by atoms with Crippen molar-refractivity contribution in [1.29, 1.82) is 10.5 Å². The first-order chi connectivity index (χ1) is 19.4. The molecular formula is C25H19N6NaO8S2. The Labute approximate surface area is 262 Å². The summed E-state index contributed by atoms with van der Waals surface area (Å²) in [5, 5.41) is 26.4. The zero-order valence-electron chi connectivity index (χ0n) is 22.1. The maximum absolute atomic E-state index is 13.3.